The topological polar surface area (TPSA) is 55.8 Å². The Morgan fingerprint density at radius 2 is 1.90 bits per heavy atom. The van der Waals surface area contributed by atoms with Gasteiger partial charge in [-0.05, 0) is 30.7 Å². The predicted octanol–water partition coefficient (Wildman–Crippen LogP) is 1.92. The van der Waals surface area contributed by atoms with Crippen LogP contribution in [-0.4, -0.2) is 38.2 Å². The molecule has 0 saturated heterocycles. The molecule has 5 nitrogen and oxygen atoms in total. The van der Waals surface area contributed by atoms with Crippen molar-refractivity contribution in [2.45, 2.75) is 18.9 Å². The Kier molecular flexibility index (Phi) is 4.04. The first kappa shape index (κ1) is 14.8. The molecule has 1 heterocycles. The van der Waals surface area contributed by atoms with E-state index in [-0.39, 0.29) is 6.42 Å². The molecule has 0 fully saturated rings. The number of rotatable bonds is 3. The molecule has 0 aliphatic carbocycles. The lowest BCUT2D eigenvalue weighted by Crippen LogP contribution is -2.60. The molecule has 1 aromatic rings. The molecule has 0 radical (unpaired) electrons. The fraction of sp³-hybridized carbons (Fsp3) is 0.429. The van der Waals surface area contributed by atoms with Crippen molar-refractivity contribution in [3.63, 3.8) is 0 Å². The number of esters is 2. The van der Waals surface area contributed by atoms with Crippen LogP contribution >= 0.6 is 15.9 Å². The molecule has 0 atom stereocenters. The van der Waals surface area contributed by atoms with Crippen molar-refractivity contribution in [3.05, 3.63) is 28.2 Å². The van der Waals surface area contributed by atoms with Gasteiger partial charge in [-0.15, -0.1) is 0 Å². The molecule has 0 aromatic heterocycles. The molecule has 108 valence electrons. The zero-order valence-electron chi connectivity index (χ0n) is 11.6. The third-order valence-electron chi connectivity index (χ3n) is 3.60. The van der Waals surface area contributed by atoms with Crippen molar-refractivity contribution < 1.29 is 19.1 Å². The maximum absolute atomic E-state index is 12.3. The standard InChI is InChI=1S/C14H16BrNO4/c1-4-16-11-6-5-10(15)7-9(11)8-14(16,12(17)19-2)13(18)20-3/h5-7H,4,8H2,1-3H3. The third kappa shape index (κ3) is 1.98. The van der Waals surface area contributed by atoms with Gasteiger partial charge < -0.3 is 14.4 Å². The van der Waals surface area contributed by atoms with Gasteiger partial charge in [-0.2, -0.15) is 0 Å². The molecule has 1 aliphatic heterocycles. The molecule has 0 unspecified atom stereocenters. The lowest BCUT2D eigenvalue weighted by molar-refractivity contribution is -0.160. The third-order valence-corrected chi connectivity index (χ3v) is 4.10. The van der Waals surface area contributed by atoms with Gasteiger partial charge in [0.25, 0.3) is 0 Å². The number of hydrogen-bond donors (Lipinski definition) is 0. The van der Waals surface area contributed by atoms with E-state index in [1.165, 1.54) is 14.2 Å². The van der Waals surface area contributed by atoms with Crippen LogP contribution in [0.2, 0.25) is 0 Å². The van der Waals surface area contributed by atoms with Gasteiger partial charge in [-0.1, -0.05) is 15.9 Å². The zero-order chi connectivity index (χ0) is 14.9. The van der Waals surface area contributed by atoms with E-state index < -0.39 is 17.5 Å². The highest BCUT2D eigenvalue weighted by Crippen LogP contribution is 2.41. The predicted molar refractivity (Wildman–Crippen MR) is 77.6 cm³/mol. The number of carbonyl (C=O) groups excluding carboxylic acids is 2. The number of benzene rings is 1. The van der Waals surface area contributed by atoms with Crippen LogP contribution in [0.1, 0.15) is 12.5 Å². The maximum Gasteiger partial charge on any atom is 0.343 e. The number of likely N-dealkylation sites (N-methyl/N-ethyl adjacent to an activating group) is 1. The number of carbonyl (C=O) groups is 2. The van der Waals surface area contributed by atoms with Crippen LogP contribution in [0.15, 0.2) is 22.7 Å². The SMILES string of the molecule is CCN1c2ccc(Br)cc2CC1(C(=O)OC)C(=O)OC. The Hall–Kier alpha value is -1.56. The highest BCUT2D eigenvalue weighted by atomic mass is 79.9. The van der Waals surface area contributed by atoms with Crippen LogP contribution in [-0.2, 0) is 25.5 Å². The Balaban J connectivity index is 2.60. The van der Waals surface area contributed by atoms with Gasteiger partial charge in [-0.25, -0.2) is 9.59 Å². The van der Waals surface area contributed by atoms with Crippen molar-refractivity contribution in [3.8, 4) is 0 Å². The van der Waals surface area contributed by atoms with Gasteiger partial charge in [-0.3, -0.25) is 0 Å². The van der Waals surface area contributed by atoms with E-state index in [2.05, 4.69) is 15.9 Å². The second-order valence-corrected chi connectivity index (χ2v) is 5.45. The number of anilines is 1. The fourth-order valence-corrected chi connectivity index (χ4v) is 3.17. The molecule has 1 aromatic carbocycles. The molecule has 0 amide bonds. The molecular weight excluding hydrogens is 326 g/mol. The van der Waals surface area contributed by atoms with E-state index in [0.717, 1.165) is 15.7 Å². The molecular formula is C14H16BrNO4. The van der Waals surface area contributed by atoms with Crippen LogP contribution in [0.5, 0.6) is 0 Å². The molecule has 6 heteroatoms. The minimum absolute atomic E-state index is 0.245. The Bertz CT molecular complexity index is 542. The molecule has 0 bridgehead atoms. The summed E-state index contributed by atoms with van der Waals surface area (Å²) in [6.07, 6.45) is 0.245. The van der Waals surface area contributed by atoms with Crippen LogP contribution in [0.3, 0.4) is 0 Å². The minimum atomic E-state index is -1.43. The highest BCUT2D eigenvalue weighted by Gasteiger charge is 2.57. The molecule has 0 spiro atoms. The lowest BCUT2D eigenvalue weighted by Gasteiger charge is -2.34. The number of nitrogens with zero attached hydrogens (tertiary/aromatic N) is 1. The summed E-state index contributed by atoms with van der Waals surface area (Å²) in [5, 5.41) is 0. The molecule has 0 N–H and O–H groups in total. The fourth-order valence-electron chi connectivity index (χ4n) is 2.76. The molecule has 20 heavy (non-hydrogen) atoms. The van der Waals surface area contributed by atoms with Crippen molar-refractivity contribution in [1.82, 2.24) is 0 Å². The van der Waals surface area contributed by atoms with Crippen molar-refractivity contribution in [1.29, 1.82) is 0 Å². The van der Waals surface area contributed by atoms with Crippen molar-refractivity contribution in [2.75, 3.05) is 25.7 Å². The second-order valence-electron chi connectivity index (χ2n) is 4.54. The zero-order valence-corrected chi connectivity index (χ0v) is 13.2. The number of fused-ring (bicyclic) bond motifs is 1. The highest BCUT2D eigenvalue weighted by molar-refractivity contribution is 9.10. The van der Waals surface area contributed by atoms with Crippen LogP contribution < -0.4 is 4.90 Å². The van der Waals surface area contributed by atoms with Crippen LogP contribution in [0.4, 0.5) is 5.69 Å². The summed E-state index contributed by atoms with van der Waals surface area (Å²) < 4.78 is 10.6. The molecule has 1 aliphatic rings. The lowest BCUT2D eigenvalue weighted by atomic mass is 9.94. The smallest absolute Gasteiger partial charge is 0.343 e. The normalized spacial score (nSPS) is 15.7. The van der Waals surface area contributed by atoms with Crippen LogP contribution in [0, 0.1) is 0 Å². The van der Waals surface area contributed by atoms with E-state index in [0.29, 0.717) is 6.54 Å². The summed E-state index contributed by atoms with van der Waals surface area (Å²) in [5.74, 6) is -1.20. The van der Waals surface area contributed by atoms with Gasteiger partial charge in [0.1, 0.15) is 0 Å². The summed E-state index contributed by atoms with van der Waals surface area (Å²) in [5.41, 5.74) is 0.338. The first-order valence-electron chi connectivity index (χ1n) is 6.24. The van der Waals surface area contributed by atoms with E-state index in [9.17, 15) is 9.59 Å². The van der Waals surface area contributed by atoms with Gasteiger partial charge in [0.15, 0.2) is 0 Å². The second kappa shape index (κ2) is 5.44. The number of hydrogen-bond acceptors (Lipinski definition) is 5. The summed E-state index contributed by atoms with van der Waals surface area (Å²) >= 11 is 3.40. The first-order chi connectivity index (χ1) is 9.51. The van der Waals surface area contributed by atoms with Crippen molar-refractivity contribution >= 4 is 33.6 Å². The number of methoxy groups -OCH3 is 2. The van der Waals surface area contributed by atoms with E-state index >= 15 is 0 Å². The number of ether oxygens (including phenoxy) is 2. The van der Waals surface area contributed by atoms with Gasteiger partial charge in [0.05, 0.1) is 14.2 Å². The quantitative estimate of drug-likeness (QED) is 0.621. The Morgan fingerprint density at radius 1 is 1.30 bits per heavy atom. The van der Waals surface area contributed by atoms with Crippen molar-refractivity contribution in [2.24, 2.45) is 0 Å². The Morgan fingerprint density at radius 3 is 2.40 bits per heavy atom. The average molecular weight is 342 g/mol. The van der Waals surface area contributed by atoms with Gasteiger partial charge in [0.2, 0.25) is 5.54 Å². The average Bonchev–Trinajstić information content (AvgIpc) is 2.79. The summed E-state index contributed by atoms with van der Waals surface area (Å²) in [4.78, 5) is 26.3. The number of halogens is 1. The van der Waals surface area contributed by atoms with Gasteiger partial charge in [0, 0.05) is 23.1 Å². The molecule has 0 saturated carbocycles. The minimum Gasteiger partial charge on any atom is -0.467 e. The molecule has 2 rings (SSSR count). The summed E-state index contributed by atoms with van der Waals surface area (Å²) in [6, 6.07) is 5.67. The maximum atomic E-state index is 12.3. The van der Waals surface area contributed by atoms with Gasteiger partial charge >= 0.3 is 11.9 Å². The van der Waals surface area contributed by atoms with E-state index in [1.54, 1.807) is 4.90 Å². The monoisotopic (exact) mass is 341 g/mol. The summed E-state index contributed by atoms with van der Waals surface area (Å²) in [6.45, 7) is 2.39. The first-order valence-corrected chi connectivity index (χ1v) is 7.03. The Labute approximate surface area is 126 Å². The summed E-state index contributed by atoms with van der Waals surface area (Å²) in [7, 11) is 2.56. The largest absolute Gasteiger partial charge is 0.467 e. The van der Waals surface area contributed by atoms with E-state index in [1.807, 2.05) is 25.1 Å². The van der Waals surface area contributed by atoms with Crippen LogP contribution in [0.25, 0.3) is 0 Å². The van der Waals surface area contributed by atoms with E-state index in [4.69, 9.17) is 9.47 Å².